The van der Waals surface area contributed by atoms with Crippen LogP contribution in [-0.4, -0.2) is 22.8 Å². The Morgan fingerprint density at radius 3 is 2.09 bits per heavy atom. The number of ether oxygens (including phenoxy) is 1. The number of carbonyl (C=O) groups excluding carboxylic acids is 1. The molecule has 0 heterocycles. The predicted molar refractivity (Wildman–Crippen MR) is 84.7 cm³/mol. The van der Waals surface area contributed by atoms with Crippen molar-refractivity contribution in [3.05, 3.63) is 35.4 Å². The quantitative estimate of drug-likeness (QED) is 0.887. The lowest BCUT2D eigenvalue weighted by atomic mass is 9.80. The summed E-state index contributed by atoms with van der Waals surface area (Å²) in [7, 11) is 0. The molecule has 0 aliphatic heterocycles. The maximum Gasteiger partial charge on any atom is 0.408 e. The number of nitrogens with zero attached hydrogens (tertiary/aromatic N) is 1. The molecule has 0 aliphatic rings. The van der Waals surface area contributed by atoms with Crippen LogP contribution in [0.25, 0.3) is 0 Å². The van der Waals surface area contributed by atoms with Crippen molar-refractivity contribution < 1.29 is 19.4 Å². The van der Waals surface area contributed by atoms with Crippen molar-refractivity contribution in [3.8, 4) is 6.07 Å². The SMILES string of the molecule is CC(C)(C)OC(=O)N[C@H](c1ccc(C#N)cc1)C(C)(C)C(=O)O. The number of nitriles is 1. The van der Waals surface area contributed by atoms with E-state index in [4.69, 9.17) is 10.00 Å². The molecule has 1 atom stereocenters. The van der Waals surface area contributed by atoms with Gasteiger partial charge in [-0.3, -0.25) is 4.79 Å². The molecule has 0 bridgehead atoms. The van der Waals surface area contributed by atoms with Gasteiger partial charge in [-0.25, -0.2) is 4.79 Å². The fraction of sp³-hybridized carbons (Fsp3) is 0.471. The average molecular weight is 318 g/mol. The van der Waals surface area contributed by atoms with Crippen LogP contribution in [0.2, 0.25) is 0 Å². The molecule has 0 unspecified atom stereocenters. The van der Waals surface area contributed by atoms with Crippen LogP contribution >= 0.6 is 0 Å². The number of carboxylic acid groups (broad SMARTS) is 1. The second-order valence-electron chi connectivity index (χ2n) is 6.84. The highest BCUT2D eigenvalue weighted by atomic mass is 16.6. The molecule has 1 rings (SSSR count). The Morgan fingerprint density at radius 2 is 1.70 bits per heavy atom. The number of rotatable bonds is 4. The van der Waals surface area contributed by atoms with E-state index in [-0.39, 0.29) is 0 Å². The third-order valence-electron chi connectivity index (χ3n) is 3.31. The van der Waals surface area contributed by atoms with Gasteiger partial charge in [-0.2, -0.15) is 5.26 Å². The van der Waals surface area contributed by atoms with Gasteiger partial charge >= 0.3 is 12.1 Å². The minimum atomic E-state index is -1.26. The molecule has 1 amide bonds. The molecule has 0 aromatic heterocycles. The standard InChI is InChI=1S/C17H22N2O4/c1-16(2,3)23-15(22)19-13(17(4,5)14(20)21)12-8-6-11(10-18)7-9-12/h6-9,13H,1-5H3,(H,19,22)(H,20,21)/t13-/m1/s1. The number of hydrogen-bond donors (Lipinski definition) is 2. The van der Waals surface area contributed by atoms with Crippen LogP contribution in [0, 0.1) is 16.7 Å². The second kappa shape index (κ2) is 6.69. The van der Waals surface area contributed by atoms with Gasteiger partial charge in [-0.05, 0) is 52.3 Å². The number of alkyl carbamates (subject to hydrolysis) is 1. The third-order valence-corrected chi connectivity index (χ3v) is 3.31. The summed E-state index contributed by atoms with van der Waals surface area (Å²) in [6.45, 7) is 8.23. The van der Waals surface area contributed by atoms with Gasteiger partial charge in [0, 0.05) is 0 Å². The first-order valence-electron chi connectivity index (χ1n) is 7.20. The third kappa shape index (κ3) is 4.99. The number of aliphatic carboxylic acids is 1. The summed E-state index contributed by atoms with van der Waals surface area (Å²) in [6, 6.07) is 7.62. The summed E-state index contributed by atoms with van der Waals surface area (Å²) >= 11 is 0. The summed E-state index contributed by atoms with van der Waals surface area (Å²) in [5.41, 5.74) is -0.905. The van der Waals surface area contributed by atoms with Gasteiger partial charge in [0.05, 0.1) is 23.1 Å². The van der Waals surface area contributed by atoms with Crippen molar-refractivity contribution in [3.63, 3.8) is 0 Å². The zero-order valence-corrected chi connectivity index (χ0v) is 14.0. The highest BCUT2D eigenvalue weighted by Gasteiger charge is 2.39. The zero-order chi connectivity index (χ0) is 17.8. The lowest BCUT2D eigenvalue weighted by Gasteiger charge is -2.32. The molecule has 2 N–H and O–H groups in total. The monoisotopic (exact) mass is 318 g/mol. The molecule has 0 fully saturated rings. The molecule has 1 aromatic rings. The maximum absolute atomic E-state index is 12.1. The molecule has 1 aromatic carbocycles. The van der Waals surface area contributed by atoms with E-state index < -0.39 is 29.1 Å². The largest absolute Gasteiger partial charge is 0.481 e. The van der Waals surface area contributed by atoms with Crippen molar-refractivity contribution in [2.24, 2.45) is 5.41 Å². The molecular weight excluding hydrogens is 296 g/mol. The van der Waals surface area contributed by atoms with E-state index in [1.54, 1.807) is 45.0 Å². The van der Waals surface area contributed by atoms with Crippen LogP contribution in [0.5, 0.6) is 0 Å². The smallest absolute Gasteiger partial charge is 0.408 e. The Hall–Kier alpha value is -2.55. The van der Waals surface area contributed by atoms with Gasteiger partial charge in [0.1, 0.15) is 5.60 Å². The van der Waals surface area contributed by atoms with E-state index in [9.17, 15) is 14.7 Å². The first kappa shape index (κ1) is 18.5. The number of amides is 1. The Morgan fingerprint density at radius 1 is 1.17 bits per heavy atom. The van der Waals surface area contributed by atoms with Crippen LogP contribution in [0.1, 0.15) is 51.8 Å². The van der Waals surface area contributed by atoms with Crippen LogP contribution in [0.3, 0.4) is 0 Å². The first-order valence-corrected chi connectivity index (χ1v) is 7.20. The predicted octanol–water partition coefficient (Wildman–Crippen LogP) is 3.23. The van der Waals surface area contributed by atoms with Gasteiger partial charge in [-0.1, -0.05) is 12.1 Å². The molecular formula is C17H22N2O4. The first-order chi connectivity index (χ1) is 10.5. The molecule has 0 spiro atoms. The molecule has 124 valence electrons. The fourth-order valence-electron chi connectivity index (χ4n) is 1.98. The Balaban J connectivity index is 3.14. The van der Waals surface area contributed by atoms with E-state index in [1.165, 1.54) is 13.8 Å². The fourth-order valence-corrected chi connectivity index (χ4v) is 1.98. The van der Waals surface area contributed by atoms with Crippen LogP contribution in [-0.2, 0) is 9.53 Å². The zero-order valence-electron chi connectivity index (χ0n) is 14.0. The van der Waals surface area contributed by atoms with Crippen LogP contribution in [0.15, 0.2) is 24.3 Å². The summed E-state index contributed by atoms with van der Waals surface area (Å²) in [6.07, 6.45) is -0.693. The molecule has 0 radical (unpaired) electrons. The van der Waals surface area contributed by atoms with Gasteiger partial charge in [0.15, 0.2) is 0 Å². The van der Waals surface area contributed by atoms with E-state index >= 15 is 0 Å². The Bertz CT molecular complexity index is 621. The van der Waals surface area contributed by atoms with E-state index in [2.05, 4.69) is 5.32 Å². The van der Waals surface area contributed by atoms with Crippen molar-refractivity contribution in [2.75, 3.05) is 0 Å². The summed E-state index contributed by atoms with van der Waals surface area (Å²) in [4.78, 5) is 23.6. The van der Waals surface area contributed by atoms with Gasteiger partial charge < -0.3 is 15.2 Å². The van der Waals surface area contributed by atoms with E-state index in [0.29, 0.717) is 11.1 Å². The Labute approximate surface area is 136 Å². The number of benzene rings is 1. The number of carbonyl (C=O) groups is 2. The van der Waals surface area contributed by atoms with Gasteiger partial charge in [0.25, 0.3) is 0 Å². The van der Waals surface area contributed by atoms with Crippen LogP contribution in [0.4, 0.5) is 4.79 Å². The minimum absolute atomic E-state index is 0.456. The average Bonchev–Trinajstić information content (AvgIpc) is 2.42. The van der Waals surface area contributed by atoms with Crippen molar-refractivity contribution in [1.82, 2.24) is 5.32 Å². The van der Waals surface area contributed by atoms with Gasteiger partial charge in [0.2, 0.25) is 0 Å². The topological polar surface area (TPSA) is 99.4 Å². The van der Waals surface area contributed by atoms with E-state index in [0.717, 1.165) is 0 Å². The van der Waals surface area contributed by atoms with Crippen molar-refractivity contribution in [2.45, 2.75) is 46.3 Å². The molecule has 6 nitrogen and oxygen atoms in total. The lowest BCUT2D eigenvalue weighted by Crippen LogP contribution is -2.44. The maximum atomic E-state index is 12.1. The summed E-state index contributed by atoms with van der Waals surface area (Å²) in [5.74, 6) is -1.05. The molecule has 6 heteroatoms. The number of hydrogen-bond acceptors (Lipinski definition) is 4. The summed E-state index contributed by atoms with van der Waals surface area (Å²) < 4.78 is 5.21. The highest BCUT2D eigenvalue weighted by Crippen LogP contribution is 2.34. The second-order valence-corrected chi connectivity index (χ2v) is 6.84. The molecule has 23 heavy (non-hydrogen) atoms. The lowest BCUT2D eigenvalue weighted by molar-refractivity contribution is -0.148. The number of carboxylic acids is 1. The Kier molecular flexibility index (Phi) is 5.38. The summed E-state index contributed by atoms with van der Waals surface area (Å²) in [5, 5.41) is 21.0. The van der Waals surface area contributed by atoms with Crippen molar-refractivity contribution in [1.29, 1.82) is 5.26 Å². The van der Waals surface area contributed by atoms with Gasteiger partial charge in [-0.15, -0.1) is 0 Å². The minimum Gasteiger partial charge on any atom is -0.481 e. The normalized spacial score (nSPS) is 12.9. The van der Waals surface area contributed by atoms with Crippen molar-refractivity contribution >= 4 is 12.1 Å². The van der Waals surface area contributed by atoms with Crippen LogP contribution < -0.4 is 5.32 Å². The number of nitrogens with one attached hydrogen (secondary N) is 1. The molecule has 0 saturated carbocycles. The highest BCUT2D eigenvalue weighted by molar-refractivity contribution is 5.77. The van der Waals surface area contributed by atoms with E-state index in [1.807, 2.05) is 6.07 Å². The molecule has 0 aliphatic carbocycles. The molecule has 0 saturated heterocycles.